The third kappa shape index (κ3) is 16.4. The number of rotatable bonds is 27. The van der Waals surface area contributed by atoms with Crippen LogP contribution >= 0.6 is 22.8 Å². The van der Waals surface area contributed by atoms with Crippen molar-refractivity contribution in [3.8, 4) is 0 Å². The number of ether oxygens (including phenoxy) is 3. The molecule has 1 aliphatic carbocycles. The molecule has 5 unspecified atom stereocenters. The van der Waals surface area contributed by atoms with Crippen molar-refractivity contribution in [2.45, 2.75) is 134 Å². The number of aliphatic hydroxyl groups excluding tert-OH is 3. The van der Waals surface area contributed by atoms with Gasteiger partial charge in [0.2, 0.25) is 0 Å². The van der Waals surface area contributed by atoms with Gasteiger partial charge in [0.1, 0.15) is 55.7 Å². The van der Waals surface area contributed by atoms with E-state index in [4.69, 9.17) is 27.8 Å². The third-order valence-corrected chi connectivity index (χ3v) is 10.1. The molecule has 0 aromatic heterocycles. The van der Waals surface area contributed by atoms with E-state index in [2.05, 4.69) is 0 Å². The van der Waals surface area contributed by atoms with Crippen LogP contribution in [0.25, 0.3) is 0 Å². The molecule has 0 aromatic rings. The number of hydrogen-bond donors (Lipinski definition) is 6. The van der Waals surface area contributed by atoms with Crippen molar-refractivity contribution in [3.63, 3.8) is 0 Å². The second-order valence-corrected chi connectivity index (χ2v) is 16.5. The summed E-state index contributed by atoms with van der Waals surface area (Å²) >= 11 is 0. The monoisotopic (exact) mass is 714 g/mol. The lowest BCUT2D eigenvalue weighted by molar-refractivity contribution is -0.245. The number of unbranched alkanes of at least 4 members (excludes halogenated alkanes) is 9. The molecule has 0 spiro atoms. The molecule has 0 aliphatic heterocycles. The van der Waals surface area contributed by atoms with Gasteiger partial charge in [-0.1, -0.05) is 78.6 Å². The van der Waals surface area contributed by atoms with E-state index < -0.39 is 78.5 Å². The summed E-state index contributed by atoms with van der Waals surface area (Å²) in [6, 6.07) is 0. The lowest BCUT2D eigenvalue weighted by Gasteiger charge is -2.49. The van der Waals surface area contributed by atoms with Gasteiger partial charge in [-0.25, -0.2) is 0 Å². The second kappa shape index (κ2) is 22.8. The van der Waals surface area contributed by atoms with E-state index in [-0.39, 0.29) is 19.8 Å². The minimum atomic E-state index is -4.88. The lowest BCUT2D eigenvalue weighted by Crippen LogP contribution is -2.67. The molecule has 0 amide bonds. The molecule has 0 bridgehead atoms. The van der Waals surface area contributed by atoms with Crippen LogP contribution in [0, 0.1) is 0 Å². The maximum atomic E-state index is 12.8. The Morgan fingerprint density at radius 3 is 0.911 bits per heavy atom. The van der Waals surface area contributed by atoms with E-state index >= 15 is 0 Å². The fourth-order valence-electron chi connectivity index (χ4n) is 4.97. The van der Waals surface area contributed by atoms with Crippen molar-refractivity contribution >= 4 is 22.8 Å². The minimum absolute atomic E-state index is 0.114. The van der Waals surface area contributed by atoms with Crippen LogP contribution in [0.1, 0.15) is 97.8 Å². The Labute approximate surface area is 267 Å². The predicted molar refractivity (Wildman–Crippen MR) is 167 cm³/mol. The topological polar surface area (TPSA) is 228 Å². The van der Waals surface area contributed by atoms with Crippen molar-refractivity contribution in [1.82, 2.24) is 0 Å². The Bertz CT molecular complexity index is 874. The van der Waals surface area contributed by atoms with Gasteiger partial charge in [-0.3, -0.25) is 27.3 Å². The zero-order valence-electron chi connectivity index (χ0n) is 26.9. The van der Waals surface area contributed by atoms with Gasteiger partial charge in [0.15, 0.2) is 0 Å². The average molecular weight is 715 g/mol. The van der Waals surface area contributed by atoms with E-state index in [0.29, 0.717) is 19.3 Å². The molecule has 6 N–H and O–H groups in total. The van der Waals surface area contributed by atoms with Crippen molar-refractivity contribution in [1.29, 1.82) is 0 Å². The summed E-state index contributed by atoms with van der Waals surface area (Å²) in [5.74, 6) is 0. The summed E-state index contributed by atoms with van der Waals surface area (Å²) in [6.45, 7) is 6.51. The molecule has 270 valence electrons. The van der Waals surface area contributed by atoms with Crippen molar-refractivity contribution in [2.24, 2.45) is 0 Å². The molecule has 1 rings (SSSR count). The second-order valence-electron chi connectivity index (χ2n) is 11.2. The Morgan fingerprint density at radius 1 is 0.422 bits per heavy atom. The van der Waals surface area contributed by atoms with Gasteiger partial charge in [-0.2, -0.15) is 0 Å². The molecule has 45 heavy (non-hydrogen) atoms. The van der Waals surface area contributed by atoms with Crippen molar-refractivity contribution in [2.75, 3.05) is 38.9 Å². The van der Waals surface area contributed by atoms with Crippen LogP contribution in [0.15, 0.2) is 0 Å². The van der Waals surface area contributed by atoms with Crippen LogP contribution < -0.4 is 0 Å². The Hall–Kier alpha value is 0.210. The molecule has 9 atom stereocenters. The van der Waals surface area contributed by atoms with Gasteiger partial charge in [0.25, 0.3) is 0 Å². The zero-order chi connectivity index (χ0) is 33.9. The summed E-state index contributed by atoms with van der Waals surface area (Å²) in [6.07, 6.45) is -3.53. The van der Waals surface area contributed by atoms with Crippen molar-refractivity contribution < 1.29 is 71.5 Å². The van der Waals surface area contributed by atoms with Gasteiger partial charge in [0.05, 0.1) is 0 Å². The average Bonchev–Trinajstić information content (AvgIpc) is 3.00. The molecule has 15 nitrogen and oxygen atoms in total. The van der Waals surface area contributed by atoms with E-state index in [1.807, 2.05) is 20.8 Å². The molecule has 0 saturated heterocycles. The first-order valence-electron chi connectivity index (χ1n) is 16.0. The standard InChI is InChI=1S/C27H57O15P3/c1-4-7-10-13-16-37-22-23(38-17-14-11-8-5-2)25(40-43(31,32)19-28)27(42-45(35,36)21-30)26(41-44(33,34)20-29)24(22)39-18-15-12-9-6-3/h22-30H,4-21H2,1-3H3,(H,31,32)(H,33,34)(H,35,36)/t22?,23-,24+,25-,26-,27?/m0/s1. The van der Waals surface area contributed by atoms with Gasteiger partial charge < -0.3 is 44.2 Å². The highest BCUT2D eigenvalue weighted by Crippen LogP contribution is 2.54. The van der Waals surface area contributed by atoms with Crippen LogP contribution in [0.5, 0.6) is 0 Å². The van der Waals surface area contributed by atoms with E-state index in [0.717, 1.165) is 57.8 Å². The van der Waals surface area contributed by atoms with Crippen LogP contribution in [-0.2, 0) is 41.5 Å². The van der Waals surface area contributed by atoms with Gasteiger partial charge in [-0.15, -0.1) is 0 Å². The molecule has 1 fully saturated rings. The quantitative estimate of drug-likeness (QED) is 0.0510. The largest absolute Gasteiger partial charge is 0.384 e. The first-order chi connectivity index (χ1) is 21.3. The number of hydrogen-bond acceptors (Lipinski definition) is 12. The molecule has 0 radical (unpaired) electrons. The zero-order valence-corrected chi connectivity index (χ0v) is 29.6. The van der Waals surface area contributed by atoms with Gasteiger partial charge >= 0.3 is 22.8 Å². The summed E-state index contributed by atoms with van der Waals surface area (Å²) in [5.41, 5.74) is 0. The third-order valence-electron chi connectivity index (χ3n) is 7.26. The molecule has 1 saturated carbocycles. The Balaban J connectivity index is 3.76. The van der Waals surface area contributed by atoms with Gasteiger partial charge in [-0.05, 0) is 19.3 Å². The first-order valence-corrected chi connectivity index (χ1v) is 21.3. The lowest BCUT2D eigenvalue weighted by atomic mass is 9.84. The van der Waals surface area contributed by atoms with Crippen LogP contribution in [0.3, 0.4) is 0 Å². The normalized spacial score (nSPS) is 27.9. The molecule has 0 heterocycles. The summed E-state index contributed by atoms with van der Waals surface area (Å²) in [5, 5.41) is 28.8. The molecular weight excluding hydrogens is 657 g/mol. The molecule has 18 heteroatoms. The summed E-state index contributed by atoms with van der Waals surface area (Å²) < 4.78 is 73.1. The van der Waals surface area contributed by atoms with Gasteiger partial charge in [0, 0.05) is 19.8 Å². The SMILES string of the molecule is CCCCCCOC1[C@@H](OCCCCCC)[C@H](OP(=O)(O)CO)C(OP(=O)(O)CO)[C@@H](OP(=O)(O)CO)[C@H]1OCCCCCC. The Morgan fingerprint density at radius 2 is 0.667 bits per heavy atom. The maximum Gasteiger partial charge on any atom is 0.353 e. The van der Waals surface area contributed by atoms with Crippen LogP contribution in [-0.4, -0.2) is 105 Å². The fraction of sp³-hybridized carbons (Fsp3) is 1.00. The predicted octanol–water partition coefficient (Wildman–Crippen LogP) is 4.46. The smallest absolute Gasteiger partial charge is 0.353 e. The van der Waals surface area contributed by atoms with E-state index in [9.17, 15) is 43.7 Å². The number of aliphatic hydroxyl groups is 3. The fourth-order valence-corrected chi connectivity index (χ4v) is 7.03. The van der Waals surface area contributed by atoms with Crippen molar-refractivity contribution in [3.05, 3.63) is 0 Å². The highest BCUT2D eigenvalue weighted by molar-refractivity contribution is 7.53. The highest BCUT2D eigenvalue weighted by atomic mass is 31.2. The minimum Gasteiger partial charge on any atom is -0.384 e. The molecule has 0 aromatic carbocycles. The summed E-state index contributed by atoms with van der Waals surface area (Å²) in [4.78, 5) is 31.0. The van der Waals surface area contributed by atoms with Crippen LogP contribution in [0.4, 0.5) is 0 Å². The maximum absolute atomic E-state index is 12.8. The highest BCUT2D eigenvalue weighted by Gasteiger charge is 2.59. The molecule has 1 aliphatic rings. The first kappa shape index (κ1) is 43.2. The van der Waals surface area contributed by atoms with E-state index in [1.54, 1.807) is 0 Å². The molecular formula is C27H57O15P3. The Kier molecular flexibility index (Phi) is 21.9. The summed E-state index contributed by atoms with van der Waals surface area (Å²) in [7, 11) is -14.5. The van der Waals surface area contributed by atoms with E-state index in [1.165, 1.54) is 0 Å². The van der Waals surface area contributed by atoms with Crippen LogP contribution in [0.2, 0.25) is 0 Å².